The lowest BCUT2D eigenvalue weighted by Gasteiger charge is -2.22. The highest BCUT2D eigenvalue weighted by Crippen LogP contribution is 2.17. The summed E-state index contributed by atoms with van der Waals surface area (Å²) in [6.45, 7) is 3.59. The lowest BCUT2D eigenvalue weighted by molar-refractivity contribution is -0.132. The molecule has 0 spiro atoms. The summed E-state index contributed by atoms with van der Waals surface area (Å²) in [5.74, 6) is -0.815. The van der Waals surface area contributed by atoms with E-state index in [2.05, 4.69) is 22.5 Å². The average Bonchev–Trinajstić information content (AvgIpc) is 2.58. The van der Waals surface area contributed by atoms with Crippen LogP contribution in [-0.2, 0) is 24.9 Å². The molecule has 1 aromatic carbocycles. The van der Waals surface area contributed by atoms with E-state index in [9.17, 15) is 18.8 Å². The molecule has 25 heavy (non-hydrogen) atoms. The third-order valence-corrected chi connectivity index (χ3v) is 4.13. The van der Waals surface area contributed by atoms with Crippen LogP contribution in [0.2, 0.25) is 0 Å². The van der Waals surface area contributed by atoms with Gasteiger partial charge >= 0.3 is 5.69 Å². The van der Waals surface area contributed by atoms with Crippen LogP contribution in [0.5, 0.6) is 0 Å². The number of nitrogens with zero attached hydrogens (tertiary/aromatic N) is 3. The van der Waals surface area contributed by atoms with E-state index in [4.69, 9.17) is 0 Å². The molecule has 0 bridgehead atoms. The zero-order valence-corrected chi connectivity index (χ0v) is 15.2. The molecule has 1 heterocycles. The SMILES string of the molecule is C=CCN(Cc1cc(Br)ccc1F)C(=O)Cn1ccc(=O)n(C)c1=O. The number of aromatic nitrogens is 2. The van der Waals surface area contributed by atoms with Crippen LogP contribution in [0.25, 0.3) is 0 Å². The van der Waals surface area contributed by atoms with Gasteiger partial charge in [0.25, 0.3) is 5.56 Å². The monoisotopic (exact) mass is 409 g/mol. The summed E-state index contributed by atoms with van der Waals surface area (Å²) in [5.41, 5.74) is -0.696. The second-order valence-corrected chi connectivity index (χ2v) is 6.34. The van der Waals surface area contributed by atoms with Crippen LogP contribution in [-0.4, -0.2) is 26.5 Å². The van der Waals surface area contributed by atoms with Gasteiger partial charge in [0.15, 0.2) is 0 Å². The molecule has 0 aliphatic carbocycles. The van der Waals surface area contributed by atoms with E-state index < -0.39 is 17.1 Å². The summed E-state index contributed by atoms with van der Waals surface area (Å²) in [4.78, 5) is 37.4. The summed E-state index contributed by atoms with van der Waals surface area (Å²) in [5, 5.41) is 0. The van der Waals surface area contributed by atoms with Crippen molar-refractivity contribution in [2.75, 3.05) is 6.54 Å². The molecule has 1 amide bonds. The first-order valence-electron chi connectivity index (χ1n) is 7.42. The van der Waals surface area contributed by atoms with Crippen LogP contribution >= 0.6 is 15.9 Å². The zero-order valence-electron chi connectivity index (χ0n) is 13.6. The van der Waals surface area contributed by atoms with Crippen molar-refractivity contribution in [3.05, 3.63) is 79.8 Å². The quantitative estimate of drug-likeness (QED) is 0.681. The molecule has 0 fully saturated rings. The third kappa shape index (κ3) is 4.54. The van der Waals surface area contributed by atoms with Crippen molar-refractivity contribution in [1.29, 1.82) is 0 Å². The smallest absolute Gasteiger partial charge is 0.331 e. The Kier molecular flexibility index (Phi) is 6.08. The summed E-state index contributed by atoms with van der Waals surface area (Å²) in [6, 6.07) is 5.69. The molecule has 1 aromatic heterocycles. The topological polar surface area (TPSA) is 64.3 Å². The first-order chi connectivity index (χ1) is 11.8. The number of amides is 1. The Morgan fingerprint density at radius 2 is 2.08 bits per heavy atom. The Balaban J connectivity index is 2.25. The molecule has 0 aliphatic heterocycles. The fraction of sp³-hybridized carbons (Fsp3) is 0.235. The number of hydrogen-bond donors (Lipinski definition) is 0. The minimum Gasteiger partial charge on any atom is -0.333 e. The fourth-order valence-electron chi connectivity index (χ4n) is 2.26. The van der Waals surface area contributed by atoms with Gasteiger partial charge in [-0.2, -0.15) is 0 Å². The van der Waals surface area contributed by atoms with E-state index in [0.29, 0.717) is 10.0 Å². The number of carbonyl (C=O) groups is 1. The molecule has 0 N–H and O–H groups in total. The molecule has 0 radical (unpaired) electrons. The van der Waals surface area contributed by atoms with Gasteiger partial charge in [-0.3, -0.25) is 18.7 Å². The molecule has 0 aliphatic rings. The van der Waals surface area contributed by atoms with Gasteiger partial charge in [0, 0.05) is 42.4 Å². The molecule has 8 heteroatoms. The van der Waals surface area contributed by atoms with Crippen LogP contribution in [0.1, 0.15) is 5.56 Å². The predicted molar refractivity (Wildman–Crippen MR) is 95.7 cm³/mol. The van der Waals surface area contributed by atoms with Gasteiger partial charge in [0.1, 0.15) is 12.4 Å². The van der Waals surface area contributed by atoms with E-state index in [-0.39, 0.29) is 25.5 Å². The Bertz CT molecular complexity index is 920. The molecular formula is C17H17BrFN3O3. The van der Waals surface area contributed by atoms with E-state index in [1.54, 1.807) is 12.1 Å². The summed E-state index contributed by atoms with van der Waals surface area (Å²) in [6.07, 6.45) is 2.80. The van der Waals surface area contributed by atoms with E-state index in [1.807, 2.05) is 0 Å². The minimum absolute atomic E-state index is 0.0383. The van der Waals surface area contributed by atoms with Gasteiger partial charge in [-0.05, 0) is 18.2 Å². The molecule has 132 valence electrons. The van der Waals surface area contributed by atoms with Crippen LogP contribution in [0, 0.1) is 5.82 Å². The molecule has 0 unspecified atom stereocenters. The van der Waals surface area contributed by atoms with Crippen molar-refractivity contribution in [2.45, 2.75) is 13.1 Å². The van der Waals surface area contributed by atoms with E-state index in [1.165, 1.54) is 36.4 Å². The normalized spacial score (nSPS) is 10.5. The molecular weight excluding hydrogens is 393 g/mol. The van der Waals surface area contributed by atoms with Crippen molar-refractivity contribution in [3.63, 3.8) is 0 Å². The van der Waals surface area contributed by atoms with Crippen LogP contribution in [0.3, 0.4) is 0 Å². The van der Waals surface area contributed by atoms with Gasteiger partial charge in [-0.1, -0.05) is 22.0 Å². The standard InChI is InChI=1S/C17H17BrFN3O3/c1-3-7-21(10-12-9-13(18)4-5-14(12)19)16(24)11-22-8-6-15(23)20(2)17(22)25/h3-6,8-9H,1,7,10-11H2,2H3. The maximum atomic E-state index is 13.9. The van der Waals surface area contributed by atoms with Crippen LogP contribution in [0.4, 0.5) is 4.39 Å². The molecule has 0 saturated carbocycles. The van der Waals surface area contributed by atoms with Gasteiger partial charge < -0.3 is 4.90 Å². The Labute approximate surface area is 151 Å². The molecule has 0 saturated heterocycles. The number of rotatable bonds is 6. The highest BCUT2D eigenvalue weighted by Gasteiger charge is 2.16. The summed E-state index contributed by atoms with van der Waals surface area (Å²) < 4.78 is 16.7. The van der Waals surface area contributed by atoms with Crippen LogP contribution < -0.4 is 11.2 Å². The lowest BCUT2D eigenvalue weighted by atomic mass is 10.2. The van der Waals surface area contributed by atoms with E-state index in [0.717, 1.165) is 9.13 Å². The number of hydrogen-bond acceptors (Lipinski definition) is 3. The van der Waals surface area contributed by atoms with Crippen molar-refractivity contribution < 1.29 is 9.18 Å². The van der Waals surface area contributed by atoms with Gasteiger partial charge in [0.2, 0.25) is 5.91 Å². The summed E-state index contributed by atoms with van der Waals surface area (Å²) in [7, 11) is 1.34. The highest BCUT2D eigenvalue weighted by atomic mass is 79.9. The van der Waals surface area contributed by atoms with Crippen molar-refractivity contribution in [3.8, 4) is 0 Å². The Hall–Kier alpha value is -2.48. The minimum atomic E-state index is -0.590. The maximum Gasteiger partial charge on any atom is 0.331 e. The third-order valence-electron chi connectivity index (χ3n) is 3.64. The van der Waals surface area contributed by atoms with Gasteiger partial charge in [-0.15, -0.1) is 6.58 Å². The largest absolute Gasteiger partial charge is 0.333 e. The molecule has 2 rings (SSSR count). The number of benzene rings is 1. The first kappa shape index (κ1) is 18.9. The summed E-state index contributed by atoms with van der Waals surface area (Å²) >= 11 is 3.27. The molecule has 2 aromatic rings. The second-order valence-electron chi connectivity index (χ2n) is 5.42. The molecule has 6 nitrogen and oxygen atoms in total. The van der Waals surface area contributed by atoms with Gasteiger partial charge in [0.05, 0.1) is 0 Å². The van der Waals surface area contributed by atoms with Gasteiger partial charge in [-0.25, -0.2) is 9.18 Å². The Morgan fingerprint density at radius 1 is 1.36 bits per heavy atom. The maximum absolute atomic E-state index is 13.9. The highest BCUT2D eigenvalue weighted by molar-refractivity contribution is 9.10. The van der Waals surface area contributed by atoms with E-state index >= 15 is 0 Å². The predicted octanol–water partition coefficient (Wildman–Crippen LogP) is 1.66. The lowest BCUT2D eigenvalue weighted by Crippen LogP contribution is -2.41. The second kappa shape index (κ2) is 8.06. The molecule has 0 atom stereocenters. The number of carbonyl (C=O) groups excluding carboxylic acids is 1. The van der Waals surface area contributed by atoms with Crippen molar-refractivity contribution >= 4 is 21.8 Å². The fourth-order valence-corrected chi connectivity index (χ4v) is 2.67. The number of halogens is 2. The van der Waals surface area contributed by atoms with Crippen LogP contribution in [0.15, 0.2) is 57.2 Å². The Morgan fingerprint density at radius 3 is 2.76 bits per heavy atom. The van der Waals surface area contributed by atoms with Crippen molar-refractivity contribution in [2.24, 2.45) is 7.05 Å². The first-order valence-corrected chi connectivity index (χ1v) is 8.22. The van der Waals surface area contributed by atoms with Crippen molar-refractivity contribution in [1.82, 2.24) is 14.0 Å². The average molecular weight is 410 g/mol. The zero-order chi connectivity index (χ0) is 18.6.